The summed E-state index contributed by atoms with van der Waals surface area (Å²) in [7, 11) is 0. The molecule has 7 heteroatoms. The quantitative estimate of drug-likeness (QED) is 0.638. The number of carbonyl (C=O) groups is 3. The van der Waals surface area contributed by atoms with E-state index in [2.05, 4.69) is 20.9 Å². The average molecular weight is 260 g/mol. The molecule has 19 heavy (non-hydrogen) atoms. The van der Waals surface area contributed by atoms with Gasteiger partial charge in [-0.25, -0.2) is 4.79 Å². The smallest absolute Gasteiger partial charge is 0.326 e. The van der Waals surface area contributed by atoms with Crippen molar-refractivity contribution in [3.05, 3.63) is 35.9 Å². The molecule has 0 bridgehead atoms. The zero-order valence-corrected chi connectivity index (χ0v) is 9.92. The van der Waals surface area contributed by atoms with Crippen molar-refractivity contribution in [2.45, 2.75) is 12.6 Å². The Kier molecular flexibility index (Phi) is 3.87. The summed E-state index contributed by atoms with van der Waals surface area (Å²) in [5.74, 6) is -0.479. The van der Waals surface area contributed by atoms with E-state index in [0.29, 0.717) is 13.0 Å². The third-order valence-corrected chi connectivity index (χ3v) is 2.52. The molecule has 0 radical (unpaired) electrons. The van der Waals surface area contributed by atoms with E-state index in [1.807, 2.05) is 30.3 Å². The summed E-state index contributed by atoms with van der Waals surface area (Å²) in [5.41, 5.74) is 0.931. The molecule has 7 nitrogen and oxygen atoms in total. The van der Waals surface area contributed by atoms with Crippen molar-refractivity contribution in [3.63, 3.8) is 0 Å². The molecular weight excluding hydrogens is 248 g/mol. The first-order valence-corrected chi connectivity index (χ1v) is 5.60. The minimum Gasteiger partial charge on any atom is -0.341 e. The van der Waals surface area contributed by atoms with Gasteiger partial charge < -0.3 is 5.32 Å². The monoisotopic (exact) mass is 260 g/mol. The molecule has 1 atom stereocenters. The van der Waals surface area contributed by atoms with Crippen LogP contribution in [0.1, 0.15) is 5.56 Å². The van der Waals surface area contributed by atoms with Crippen molar-refractivity contribution in [1.82, 2.24) is 16.0 Å². The molecular formula is C12H12N4O3. The second kappa shape index (κ2) is 5.76. The van der Waals surface area contributed by atoms with Gasteiger partial charge in [0, 0.05) is 0 Å². The molecule has 1 saturated heterocycles. The summed E-state index contributed by atoms with van der Waals surface area (Å²) in [4.78, 5) is 37.4. The summed E-state index contributed by atoms with van der Waals surface area (Å²) in [6, 6.07) is 7.72. The number of nitrogens with zero attached hydrogens (tertiary/aromatic N) is 1. The Morgan fingerprint density at radius 2 is 1.95 bits per heavy atom. The molecule has 1 aliphatic rings. The summed E-state index contributed by atoms with van der Waals surface area (Å²) in [6.07, 6.45) is 0.389. The molecule has 0 spiro atoms. The second-order valence-corrected chi connectivity index (χ2v) is 3.85. The first-order valence-electron chi connectivity index (χ1n) is 5.60. The molecule has 3 N–H and O–H groups in total. The number of aliphatic imine (C=N–C) groups is 1. The topological polar surface area (TPSA) is 99.7 Å². The van der Waals surface area contributed by atoms with Crippen LogP contribution in [0.4, 0.5) is 4.79 Å². The first-order chi connectivity index (χ1) is 9.20. The number of hydrogen-bond donors (Lipinski definition) is 3. The molecule has 0 aromatic heterocycles. The zero-order chi connectivity index (χ0) is 13.7. The molecule has 98 valence electrons. The summed E-state index contributed by atoms with van der Waals surface area (Å²) < 4.78 is 0. The van der Waals surface area contributed by atoms with E-state index in [0.717, 1.165) is 5.56 Å². The molecule has 1 fully saturated rings. The highest BCUT2D eigenvalue weighted by Crippen LogP contribution is 2.02. The minimum absolute atomic E-state index is 0.129. The highest BCUT2D eigenvalue weighted by atomic mass is 16.2. The van der Waals surface area contributed by atoms with Gasteiger partial charge in [0.15, 0.2) is 6.04 Å². The average Bonchev–Trinajstić information content (AvgIpc) is 2.41. The maximum atomic E-state index is 11.5. The second-order valence-electron chi connectivity index (χ2n) is 3.85. The van der Waals surface area contributed by atoms with Crippen molar-refractivity contribution < 1.29 is 14.4 Å². The predicted octanol–water partition coefficient (Wildman–Crippen LogP) is -0.461. The number of amidine groups is 1. The Morgan fingerprint density at radius 3 is 2.63 bits per heavy atom. The van der Waals surface area contributed by atoms with Gasteiger partial charge in [-0.3, -0.25) is 25.2 Å². The zero-order valence-electron chi connectivity index (χ0n) is 9.92. The molecule has 1 aromatic rings. The molecule has 2 rings (SSSR count). The highest BCUT2D eigenvalue weighted by Gasteiger charge is 2.31. The van der Waals surface area contributed by atoms with E-state index < -0.39 is 18.0 Å². The van der Waals surface area contributed by atoms with E-state index in [-0.39, 0.29) is 5.84 Å². The molecule has 0 aliphatic carbocycles. The molecule has 1 aromatic carbocycles. The summed E-state index contributed by atoms with van der Waals surface area (Å²) in [5, 5.41) is 6.76. The summed E-state index contributed by atoms with van der Waals surface area (Å²) in [6.45, 7) is 0.306. The van der Waals surface area contributed by atoms with Crippen molar-refractivity contribution >= 4 is 24.2 Å². The number of benzene rings is 1. The normalized spacial score (nSPS) is 20.6. The van der Waals surface area contributed by atoms with Crippen molar-refractivity contribution in [2.75, 3.05) is 0 Å². The van der Waals surface area contributed by atoms with Crippen LogP contribution in [0.15, 0.2) is 35.3 Å². The van der Waals surface area contributed by atoms with Crippen molar-refractivity contribution in [2.24, 2.45) is 4.99 Å². The van der Waals surface area contributed by atoms with E-state index in [4.69, 9.17) is 0 Å². The lowest BCUT2D eigenvalue weighted by molar-refractivity contribution is -0.123. The van der Waals surface area contributed by atoms with Gasteiger partial charge in [-0.1, -0.05) is 30.3 Å². The third kappa shape index (κ3) is 3.15. The lowest BCUT2D eigenvalue weighted by atomic mass is 10.2. The van der Waals surface area contributed by atoms with Crippen LogP contribution in [0.2, 0.25) is 0 Å². The number of nitrogens with one attached hydrogen (secondary N) is 3. The maximum absolute atomic E-state index is 11.5. The van der Waals surface area contributed by atoms with Crippen LogP contribution in [0.3, 0.4) is 0 Å². The number of amides is 4. The Labute approximate surface area is 109 Å². The Hall–Kier alpha value is -2.70. The fourth-order valence-electron chi connectivity index (χ4n) is 1.64. The van der Waals surface area contributed by atoms with E-state index in [1.165, 1.54) is 0 Å². The van der Waals surface area contributed by atoms with Gasteiger partial charge >= 0.3 is 6.03 Å². The summed E-state index contributed by atoms with van der Waals surface area (Å²) >= 11 is 0. The van der Waals surface area contributed by atoms with Crippen LogP contribution in [0.5, 0.6) is 0 Å². The Morgan fingerprint density at radius 1 is 1.21 bits per heavy atom. The standard InChI is InChI=1S/C12H12N4O3/c17-7-14-9-10(15-12(19)16-11(9)18)13-6-8-4-2-1-3-5-8/h1-5,7,9H,6H2,(H,14,17)(H2,13,15,16,18,19). The van der Waals surface area contributed by atoms with Crippen LogP contribution in [-0.4, -0.2) is 30.2 Å². The molecule has 1 aliphatic heterocycles. The number of hydrogen-bond acceptors (Lipinski definition) is 4. The molecule has 4 amide bonds. The van der Waals surface area contributed by atoms with E-state index >= 15 is 0 Å². The highest BCUT2D eigenvalue weighted by molar-refractivity contribution is 6.21. The van der Waals surface area contributed by atoms with Crippen LogP contribution in [-0.2, 0) is 16.1 Å². The van der Waals surface area contributed by atoms with Gasteiger partial charge in [-0.15, -0.1) is 0 Å². The van der Waals surface area contributed by atoms with Gasteiger partial charge in [0.05, 0.1) is 6.54 Å². The fourth-order valence-corrected chi connectivity index (χ4v) is 1.64. The molecule has 1 heterocycles. The largest absolute Gasteiger partial charge is 0.341 e. The van der Waals surface area contributed by atoms with Crippen molar-refractivity contribution in [1.29, 1.82) is 0 Å². The number of carbonyl (C=O) groups excluding carboxylic acids is 3. The van der Waals surface area contributed by atoms with E-state index in [1.54, 1.807) is 0 Å². The molecule has 1 unspecified atom stereocenters. The van der Waals surface area contributed by atoms with Crippen LogP contribution in [0.25, 0.3) is 0 Å². The van der Waals surface area contributed by atoms with Gasteiger partial charge in [0.2, 0.25) is 6.41 Å². The maximum Gasteiger partial charge on any atom is 0.326 e. The number of rotatable bonds is 4. The third-order valence-electron chi connectivity index (χ3n) is 2.52. The first kappa shape index (κ1) is 12.7. The molecule has 0 saturated carbocycles. The Bertz CT molecular complexity index is 527. The SMILES string of the molecule is O=CNC1C(=O)NC(=O)NC1=NCc1ccccc1. The Balaban J connectivity index is 2.16. The lowest BCUT2D eigenvalue weighted by Crippen LogP contribution is -2.63. The lowest BCUT2D eigenvalue weighted by Gasteiger charge is -2.23. The van der Waals surface area contributed by atoms with Crippen LogP contribution in [0, 0.1) is 0 Å². The number of urea groups is 1. The van der Waals surface area contributed by atoms with Crippen LogP contribution < -0.4 is 16.0 Å². The van der Waals surface area contributed by atoms with Crippen molar-refractivity contribution in [3.8, 4) is 0 Å². The minimum atomic E-state index is -0.973. The van der Waals surface area contributed by atoms with Gasteiger partial charge in [0.1, 0.15) is 5.84 Å². The number of imide groups is 1. The predicted molar refractivity (Wildman–Crippen MR) is 67.2 cm³/mol. The van der Waals surface area contributed by atoms with Crippen LogP contribution >= 0.6 is 0 Å². The fraction of sp³-hybridized carbons (Fsp3) is 0.167. The van der Waals surface area contributed by atoms with Gasteiger partial charge in [-0.05, 0) is 5.56 Å². The van der Waals surface area contributed by atoms with Gasteiger partial charge in [0.25, 0.3) is 5.91 Å². The van der Waals surface area contributed by atoms with E-state index in [9.17, 15) is 14.4 Å². The van der Waals surface area contributed by atoms with Gasteiger partial charge in [-0.2, -0.15) is 0 Å².